The van der Waals surface area contributed by atoms with Crippen molar-refractivity contribution in [3.8, 4) is 5.75 Å². The van der Waals surface area contributed by atoms with Crippen molar-refractivity contribution in [1.82, 2.24) is 0 Å². The molecule has 0 spiro atoms. The van der Waals surface area contributed by atoms with Crippen molar-refractivity contribution < 1.29 is 34.0 Å². The third-order valence-corrected chi connectivity index (χ3v) is 6.20. The summed E-state index contributed by atoms with van der Waals surface area (Å²) in [7, 11) is 0. The number of carbonyl (C=O) groups excluding carboxylic acids is 1. The maximum Gasteiger partial charge on any atom is 0.338 e. The highest BCUT2D eigenvalue weighted by atomic mass is 127. The molecule has 1 fully saturated rings. The molecular weight excluding hydrogens is 551 g/mol. The van der Waals surface area contributed by atoms with Gasteiger partial charge in [0.05, 0.1) is 12.2 Å². The first-order valence-electron chi connectivity index (χ1n) is 10.8. The van der Waals surface area contributed by atoms with Crippen LogP contribution in [0.3, 0.4) is 0 Å². The van der Waals surface area contributed by atoms with Crippen LogP contribution >= 0.6 is 22.6 Å². The molecule has 2 N–H and O–H groups in total. The van der Waals surface area contributed by atoms with Gasteiger partial charge in [-0.3, -0.25) is 0 Å². The van der Waals surface area contributed by atoms with Gasteiger partial charge in [-0.2, -0.15) is 0 Å². The first kappa shape index (κ1) is 24.6. The predicted octanol–water partition coefficient (Wildman–Crippen LogP) is 3.70. The summed E-state index contributed by atoms with van der Waals surface area (Å²) in [6.07, 6.45) is -4.15. The lowest BCUT2D eigenvalue weighted by Gasteiger charge is -2.41. The Kier molecular flexibility index (Phi) is 8.17. The van der Waals surface area contributed by atoms with Gasteiger partial charge < -0.3 is 29.2 Å². The molecule has 0 amide bonds. The number of esters is 1. The number of ether oxygens (including phenoxy) is 4. The lowest BCUT2D eigenvalue weighted by molar-refractivity contribution is -0.284. The maximum atomic E-state index is 12.7. The molecule has 0 aliphatic carbocycles. The van der Waals surface area contributed by atoms with Gasteiger partial charge in [0.1, 0.15) is 36.8 Å². The Labute approximate surface area is 211 Å². The second-order valence-electron chi connectivity index (χ2n) is 7.84. The van der Waals surface area contributed by atoms with Gasteiger partial charge in [-0.05, 0) is 69.8 Å². The van der Waals surface area contributed by atoms with Crippen molar-refractivity contribution >= 4 is 39.3 Å². The van der Waals surface area contributed by atoms with E-state index in [2.05, 4.69) is 29.2 Å². The SMILES string of the molecule is C=CCO[C@@H]1[C@@H](O)[C@H](Oc2ccc(I)cc2)O[C@H](COC(=O)c2ccc3ccccc3c2)[C@H]1O. The first-order chi connectivity index (χ1) is 16.5. The molecule has 1 aliphatic heterocycles. The molecular formula is C26H25IO7. The zero-order chi connectivity index (χ0) is 24.1. The van der Waals surface area contributed by atoms with Gasteiger partial charge in [0.2, 0.25) is 6.29 Å². The van der Waals surface area contributed by atoms with E-state index in [9.17, 15) is 15.0 Å². The summed E-state index contributed by atoms with van der Waals surface area (Å²) in [5.74, 6) is -0.0680. The fourth-order valence-electron chi connectivity index (χ4n) is 3.72. The van der Waals surface area contributed by atoms with E-state index in [1.165, 1.54) is 6.08 Å². The smallest absolute Gasteiger partial charge is 0.338 e. The summed E-state index contributed by atoms with van der Waals surface area (Å²) in [6, 6.07) is 20.2. The molecule has 8 heteroatoms. The Morgan fingerprint density at radius 1 is 1.03 bits per heavy atom. The van der Waals surface area contributed by atoms with Gasteiger partial charge in [0.25, 0.3) is 0 Å². The summed E-state index contributed by atoms with van der Waals surface area (Å²) in [5, 5.41) is 23.4. The van der Waals surface area contributed by atoms with Crippen molar-refractivity contribution in [2.45, 2.75) is 30.7 Å². The predicted molar refractivity (Wildman–Crippen MR) is 135 cm³/mol. The third-order valence-electron chi connectivity index (χ3n) is 5.48. The monoisotopic (exact) mass is 576 g/mol. The molecule has 4 rings (SSSR count). The Bertz CT molecular complexity index is 1130. The Balaban J connectivity index is 1.46. The second-order valence-corrected chi connectivity index (χ2v) is 9.09. The van der Waals surface area contributed by atoms with E-state index in [0.29, 0.717) is 11.3 Å². The lowest BCUT2D eigenvalue weighted by atomic mass is 9.99. The van der Waals surface area contributed by atoms with Crippen LogP contribution in [-0.2, 0) is 14.2 Å². The van der Waals surface area contributed by atoms with E-state index < -0.39 is 36.7 Å². The zero-order valence-electron chi connectivity index (χ0n) is 18.2. The van der Waals surface area contributed by atoms with Crippen LogP contribution in [0.2, 0.25) is 0 Å². The minimum absolute atomic E-state index is 0.110. The van der Waals surface area contributed by atoms with Gasteiger partial charge in [-0.25, -0.2) is 4.79 Å². The topological polar surface area (TPSA) is 94.5 Å². The van der Waals surface area contributed by atoms with E-state index in [-0.39, 0.29) is 13.2 Å². The largest absolute Gasteiger partial charge is 0.462 e. The van der Waals surface area contributed by atoms with E-state index in [0.717, 1.165) is 14.3 Å². The van der Waals surface area contributed by atoms with Crippen molar-refractivity contribution in [3.05, 3.63) is 88.5 Å². The molecule has 7 nitrogen and oxygen atoms in total. The molecule has 0 saturated carbocycles. The van der Waals surface area contributed by atoms with Crippen LogP contribution in [0.1, 0.15) is 10.4 Å². The molecule has 178 valence electrons. The van der Waals surface area contributed by atoms with E-state index in [4.69, 9.17) is 18.9 Å². The molecule has 34 heavy (non-hydrogen) atoms. The second kappa shape index (κ2) is 11.3. The first-order valence-corrected chi connectivity index (χ1v) is 11.9. The summed E-state index contributed by atoms with van der Waals surface area (Å²) < 4.78 is 23.7. The van der Waals surface area contributed by atoms with Crippen molar-refractivity contribution in [1.29, 1.82) is 0 Å². The number of aliphatic hydroxyl groups is 2. The zero-order valence-corrected chi connectivity index (χ0v) is 20.4. The minimum atomic E-state index is -1.28. The molecule has 0 radical (unpaired) electrons. The number of carbonyl (C=O) groups is 1. The molecule has 3 aromatic rings. The number of hydrogen-bond donors (Lipinski definition) is 2. The van der Waals surface area contributed by atoms with Crippen LogP contribution in [0.25, 0.3) is 10.8 Å². The van der Waals surface area contributed by atoms with Crippen LogP contribution in [0.15, 0.2) is 79.4 Å². The number of halogens is 1. The Hall–Kier alpha value is -2.50. The van der Waals surface area contributed by atoms with E-state index >= 15 is 0 Å². The van der Waals surface area contributed by atoms with Gasteiger partial charge in [-0.1, -0.05) is 36.4 Å². The fraction of sp³-hybridized carbons (Fsp3) is 0.269. The number of fused-ring (bicyclic) bond motifs is 1. The van der Waals surface area contributed by atoms with Crippen molar-refractivity contribution in [2.75, 3.05) is 13.2 Å². The van der Waals surface area contributed by atoms with Gasteiger partial charge in [0, 0.05) is 3.57 Å². The highest BCUT2D eigenvalue weighted by Gasteiger charge is 2.47. The molecule has 5 atom stereocenters. The van der Waals surface area contributed by atoms with Gasteiger partial charge >= 0.3 is 5.97 Å². The molecule has 0 aromatic heterocycles. The van der Waals surface area contributed by atoms with Crippen molar-refractivity contribution in [2.24, 2.45) is 0 Å². The summed E-state index contributed by atoms with van der Waals surface area (Å²) in [4.78, 5) is 12.7. The molecule has 1 aliphatic rings. The molecule has 1 saturated heterocycles. The normalized spacial score (nSPS) is 24.5. The quantitative estimate of drug-likeness (QED) is 0.240. The molecule has 0 bridgehead atoms. The summed E-state index contributed by atoms with van der Waals surface area (Å²) in [6.45, 7) is 3.46. The average Bonchev–Trinajstić information content (AvgIpc) is 2.85. The summed E-state index contributed by atoms with van der Waals surface area (Å²) in [5.41, 5.74) is 0.384. The standard InChI is InChI=1S/C26H25IO7/c1-2-13-31-24-22(28)21(34-26(23(24)29)33-20-11-9-19(27)10-12-20)15-32-25(30)18-8-7-16-5-3-4-6-17(16)14-18/h2-12,14,21-24,26,28-29H,1,13,15H2/t21-,22-,23-,24+,26-/m1/s1. The highest BCUT2D eigenvalue weighted by molar-refractivity contribution is 14.1. The Morgan fingerprint density at radius 3 is 2.50 bits per heavy atom. The Morgan fingerprint density at radius 2 is 1.76 bits per heavy atom. The van der Waals surface area contributed by atoms with Gasteiger partial charge in [-0.15, -0.1) is 6.58 Å². The molecule has 0 unspecified atom stereocenters. The van der Waals surface area contributed by atoms with Crippen LogP contribution < -0.4 is 4.74 Å². The van der Waals surface area contributed by atoms with E-state index in [1.54, 1.807) is 24.3 Å². The molecule has 3 aromatic carbocycles. The minimum Gasteiger partial charge on any atom is -0.462 e. The average molecular weight is 576 g/mol. The number of hydrogen-bond acceptors (Lipinski definition) is 7. The fourth-order valence-corrected chi connectivity index (χ4v) is 4.08. The lowest BCUT2D eigenvalue weighted by Crippen LogP contribution is -2.61. The number of benzene rings is 3. The number of rotatable bonds is 8. The van der Waals surface area contributed by atoms with Crippen LogP contribution in [0.5, 0.6) is 5.75 Å². The summed E-state index contributed by atoms with van der Waals surface area (Å²) >= 11 is 2.17. The molecule has 1 heterocycles. The van der Waals surface area contributed by atoms with Crippen LogP contribution in [0, 0.1) is 3.57 Å². The number of aliphatic hydroxyl groups excluding tert-OH is 2. The third kappa shape index (κ3) is 5.76. The van der Waals surface area contributed by atoms with Crippen LogP contribution in [0.4, 0.5) is 0 Å². The van der Waals surface area contributed by atoms with Crippen LogP contribution in [-0.4, -0.2) is 60.1 Å². The van der Waals surface area contributed by atoms with Gasteiger partial charge in [0.15, 0.2) is 0 Å². The maximum absolute atomic E-state index is 12.7. The highest BCUT2D eigenvalue weighted by Crippen LogP contribution is 2.27. The van der Waals surface area contributed by atoms with E-state index in [1.807, 2.05) is 42.5 Å². The van der Waals surface area contributed by atoms with Crippen molar-refractivity contribution in [3.63, 3.8) is 0 Å².